The van der Waals surface area contributed by atoms with E-state index in [9.17, 15) is 9.59 Å². The van der Waals surface area contributed by atoms with E-state index in [1.165, 1.54) is 16.7 Å². The summed E-state index contributed by atoms with van der Waals surface area (Å²) in [5, 5.41) is 9.07. The van der Waals surface area contributed by atoms with Gasteiger partial charge in [-0.3, -0.25) is 4.90 Å². The van der Waals surface area contributed by atoms with Crippen LogP contribution in [0.2, 0.25) is 0 Å². The Morgan fingerprint density at radius 3 is 2.78 bits per heavy atom. The largest absolute Gasteiger partial charge is 0.480 e. The zero-order chi connectivity index (χ0) is 13.3. The molecule has 0 aromatic rings. The maximum Gasteiger partial charge on any atom is 0.327 e. The summed E-state index contributed by atoms with van der Waals surface area (Å²) >= 11 is 1.51. The van der Waals surface area contributed by atoms with Crippen LogP contribution in [0.1, 0.15) is 13.3 Å². The van der Waals surface area contributed by atoms with Crippen LogP contribution in [0.25, 0.3) is 0 Å². The van der Waals surface area contributed by atoms with Gasteiger partial charge in [-0.2, -0.15) is 0 Å². The van der Waals surface area contributed by atoms with E-state index in [0.717, 1.165) is 6.42 Å². The summed E-state index contributed by atoms with van der Waals surface area (Å²) < 4.78 is 0. The summed E-state index contributed by atoms with van der Waals surface area (Å²) in [6.07, 6.45) is 0.912. The average molecular weight is 273 g/mol. The summed E-state index contributed by atoms with van der Waals surface area (Å²) in [6.45, 7) is 3.79. The van der Waals surface area contributed by atoms with Crippen LogP contribution >= 0.6 is 11.8 Å². The molecular weight excluding hydrogens is 254 g/mol. The Morgan fingerprint density at radius 2 is 2.22 bits per heavy atom. The van der Waals surface area contributed by atoms with Gasteiger partial charge < -0.3 is 15.7 Å². The maximum atomic E-state index is 12.4. The predicted octanol–water partition coefficient (Wildman–Crippen LogP) is 0.235. The number of carboxylic acid groups (broad SMARTS) is 1. The summed E-state index contributed by atoms with van der Waals surface area (Å²) in [5.41, 5.74) is 5.60. The van der Waals surface area contributed by atoms with E-state index in [2.05, 4.69) is 0 Å². The van der Waals surface area contributed by atoms with Crippen molar-refractivity contribution in [1.29, 1.82) is 0 Å². The molecule has 6 nitrogen and oxygen atoms in total. The molecule has 2 amide bonds. The molecule has 0 aromatic heterocycles. The highest BCUT2D eigenvalue weighted by Crippen LogP contribution is 2.31. The van der Waals surface area contributed by atoms with Crippen molar-refractivity contribution in [2.45, 2.75) is 24.8 Å². The Hall–Kier alpha value is -0.950. The van der Waals surface area contributed by atoms with Crippen molar-refractivity contribution in [1.82, 2.24) is 9.80 Å². The van der Waals surface area contributed by atoms with Crippen molar-refractivity contribution in [3.05, 3.63) is 0 Å². The van der Waals surface area contributed by atoms with E-state index < -0.39 is 12.0 Å². The normalized spacial score (nSPS) is 32.0. The van der Waals surface area contributed by atoms with Crippen LogP contribution in [0.15, 0.2) is 0 Å². The fourth-order valence-electron chi connectivity index (χ4n) is 2.49. The van der Waals surface area contributed by atoms with Crippen LogP contribution in [0.4, 0.5) is 4.79 Å². The minimum absolute atomic E-state index is 0.0736. The van der Waals surface area contributed by atoms with E-state index in [1.807, 2.05) is 6.92 Å². The highest BCUT2D eigenvalue weighted by atomic mass is 32.2. The van der Waals surface area contributed by atoms with Gasteiger partial charge in [-0.1, -0.05) is 0 Å². The Morgan fingerprint density at radius 1 is 1.50 bits per heavy atom. The van der Waals surface area contributed by atoms with Gasteiger partial charge in [-0.15, -0.1) is 11.8 Å². The van der Waals surface area contributed by atoms with Crippen molar-refractivity contribution >= 4 is 23.8 Å². The fourth-order valence-corrected chi connectivity index (χ4v) is 3.65. The zero-order valence-electron chi connectivity index (χ0n) is 10.4. The Labute approximate surface area is 110 Å². The van der Waals surface area contributed by atoms with Crippen molar-refractivity contribution in [3.63, 3.8) is 0 Å². The average Bonchev–Trinajstić information content (AvgIpc) is 2.94. The first-order chi connectivity index (χ1) is 8.54. The van der Waals surface area contributed by atoms with Crippen LogP contribution in [0, 0.1) is 5.92 Å². The highest BCUT2D eigenvalue weighted by molar-refractivity contribution is 8.00. The first-order valence-electron chi connectivity index (χ1n) is 6.16. The lowest BCUT2D eigenvalue weighted by atomic mass is 10.1. The smallest absolute Gasteiger partial charge is 0.327 e. The number of likely N-dealkylation sites (tertiary alicyclic amines) is 1. The summed E-state index contributed by atoms with van der Waals surface area (Å²) in [4.78, 5) is 26.7. The number of nitrogens with zero attached hydrogens (tertiary/aromatic N) is 2. The quantitative estimate of drug-likeness (QED) is 0.752. The van der Waals surface area contributed by atoms with Crippen molar-refractivity contribution < 1.29 is 14.7 Å². The van der Waals surface area contributed by atoms with Crippen LogP contribution < -0.4 is 5.73 Å². The molecule has 0 bridgehead atoms. The SMILES string of the molecule is CC1SCC(C(=O)O)N1C(=O)N1CCC(CN)C1. The van der Waals surface area contributed by atoms with E-state index in [-0.39, 0.29) is 11.4 Å². The molecule has 7 heteroatoms. The van der Waals surface area contributed by atoms with Gasteiger partial charge in [0, 0.05) is 18.8 Å². The molecule has 2 aliphatic rings. The molecule has 3 N–H and O–H groups in total. The third kappa shape index (κ3) is 2.42. The van der Waals surface area contributed by atoms with Crippen molar-refractivity contribution in [2.24, 2.45) is 11.7 Å². The van der Waals surface area contributed by atoms with Crippen LogP contribution in [0.5, 0.6) is 0 Å². The molecule has 0 aromatic carbocycles. The lowest BCUT2D eigenvalue weighted by molar-refractivity contribution is -0.141. The minimum Gasteiger partial charge on any atom is -0.480 e. The second kappa shape index (κ2) is 5.36. The standard InChI is InChI=1S/C11H19N3O3S/c1-7-14(9(6-18-7)10(15)16)11(17)13-3-2-8(4-12)5-13/h7-9H,2-6,12H2,1H3,(H,15,16). The number of thioether (sulfide) groups is 1. The summed E-state index contributed by atoms with van der Waals surface area (Å²) in [6, 6.07) is -0.856. The molecular formula is C11H19N3O3S. The number of carbonyl (C=O) groups is 2. The Balaban J connectivity index is 2.05. The number of carbonyl (C=O) groups excluding carboxylic acids is 1. The molecule has 0 aliphatic carbocycles. The lowest BCUT2D eigenvalue weighted by Gasteiger charge is -2.30. The second-order valence-electron chi connectivity index (χ2n) is 4.81. The van der Waals surface area contributed by atoms with Gasteiger partial charge in [-0.25, -0.2) is 9.59 Å². The van der Waals surface area contributed by atoms with E-state index in [1.54, 1.807) is 4.90 Å². The van der Waals surface area contributed by atoms with Gasteiger partial charge in [0.15, 0.2) is 0 Å². The Bertz CT molecular complexity index is 352. The molecule has 2 fully saturated rings. The number of rotatable bonds is 2. The van der Waals surface area contributed by atoms with Gasteiger partial charge in [0.25, 0.3) is 0 Å². The first kappa shape index (κ1) is 13.5. The molecule has 18 heavy (non-hydrogen) atoms. The van der Waals surface area contributed by atoms with Gasteiger partial charge in [0.05, 0.1) is 5.37 Å². The maximum absolute atomic E-state index is 12.4. The van der Waals surface area contributed by atoms with E-state index >= 15 is 0 Å². The monoisotopic (exact) mass is 273 g/mol. The summed E-state index contributed by atoms with van der Waals surface area (Å²) in [5.74, 6) is -0.103. The fraction of sp³-hybridized carbons (Fsp3) is 0.818. The highest BCUT2D eigenvalue weighted by Gasteiger charge is 2.42. The molecule has 0 spiro atoms. The van der Waals surface area contributed by atoms with Gasteiger partial charge >= 0.3 is 12.0 Å². The number of aliphatic carboxylic acids is 1. The van der Waals surface area contributed by atoms with Gasteiger partial charge in [0.2, 0.25) is 0 Å². The molecule has 3 unspecified atom stereocenters. The number of hydrogen-bond acceptors (Lipinski definition) is 4. The lowest BCUT2D eigenvalue weighted by Crippen LogP contribution is -2.50. The van der Waals surface area contributed by atoms with Gasteiger partial charge in [-0.05, 0) is 25.8 Å². The predicted molar refractivity (Wildman–Crippen MR) is 69.3 cm³/mol. The topological polar surface area (TPSA) is 86.9 Å². The summed E-state index contributed by atoms with van der Waals surface area (Å²) in [7, 11) is 0. The first-order valence-corrected chi connectivity index (χ1v) is 7.21. The number of carboxylic acids is 1. The van der Waals surface area contributed by atoms with Gasteiger partial charge in [0.1, 0.15) is 6.04 Å². The zero-order valence-corrected chi connectivity index (χ0v) is 11.2. The van der Waals surface area contributed by atoms with Crippen molar-refractivity contribution in [2.75, 3.05) is 25.4 Å². The van der Waals surface area contributed by atoms with Crippen molar-refractivity contribution in [3.8, 4) is 0 Å². The van der Waals surface area contributed by atoms with E-state index in [4.69, 9.17) is 10.8 Å². The number of nitrogens with two attached hydrogens (primary N) is 1. The molecule has 0 saturated carbocycles. The van der Waals surface area contributed by atoms with E-state index in [0.29, 0.717) is 31.3 Å². The molecule has 102 valence electrons. The molecule has 2 rings (SSSR count). The van der Waals surface area contributed by atoms with Crippen LogP contribution in [-0.2, 0) is 4.79 Å². The minimum atomic E-state index is -0.922. The third-order valence-electron chi connectivity index (χ3n) is 3.62. The van der Waals surface area contributed by atoms with Crippen LogP contribution in [-0.4, -0.2) is 63.7 Å². The molecule has 2 aliphatic heterocycles. The number of amides is 2. The number of urea groups is 1. The molecule has 0 radical (unpaired) electrons. The Kier molecular flexibility index (Phi) is 4.01. The molecule has 2 heterocycles. The van der Waals surface area contributed by atoms with Crippen LogP contribution in [0.3, 0.4) is 0 Å². The molecule has 3 atom stereocenters. The molecule has 2 saturated heterocycles. The second-order valence-corrected chi connectivity index (χ2v) is 6.16. The third-order valence-corrected chi connectivity index (χ3v) is 4.84. The number of hydrogen-bond donors (Lipinski definition) is 2.